The maximum Gasteiger partial charge on any atom is 0.222 e. The number of hydrogen-bond donors (Lipinski definition) is 2. The Kier molecular flexibility index (Phi) is 5.63. The number of carbonyl (C=O) groups is 1. The molecule has 1 unspecified atom stereocenters. The first-order chi connectivity index (χ1) is 17.5. The molecule has 10 nitrogen and oxygen atoms in total. The molecular formula is C26H27N5O5. The lowest BCUT2D eigenvalue weighted by Gasteiger charge is -2.40. The van der Waals surface area contributed by atoms with E-state index in [0.717, 1.165) is 45.6 Å². The van der Waals surface area contributed by atoms with Crippen LogP contribution in [0.3, 0.4) is 0 Å². The first-order valence-corrected chi connectivity index (χ1v) is 12.1. The quantitative estimate of drug-likeness (QED) is 0.540. The highest BCUT2D eigenvalue weighted by Gasteiger charge is 2.45. The van der Waals surface area contributed by atoms with Crippen molar-refractivity contribution in [3.05, 3.63) is 35.8 Å². The Balaban J connectivity index is 1.45. The molecule has 0 aliphatic carbocycles. The second kappa shape index (κ2) is 8.85. The molecule has 3 aromatic heterocycles. The molecule has 3 aliphatic heterocycles. The third kappa shape index (κ3) is 3.89. The molecule has 0 aromatic carbocycles. The van der Waals surface area contributed by atoms with Crippen molar-refractivity contribution >= 4 is 22.6 Å². The molecule has 1 spiro atoms. The van der Waals surface area contributed by atoms with Crippen LogP contribution < -0.4 is 10.1 Å². The molecular weight excluding hydrogens is 462 g/mol. The van der Waals surface area contributed by atoms with Crippen LogP contribution in [0.2, 0.25) is 0 Å². The molecule has 1 amide bonds. The van der Waals surface area contributed by atoms with Gasteiger partial charge in [-0.05, 0) is 6.07 Å². The number of nitrogens with one attached hydrogen (secondary N) is 2. The minimum atomic E-state index is -0.597. The van der Waals surface area contributed by atoms with Crippen LogP contribution in [-0.2, 0) is 31.0 Å². The summed E-state index contributed by atoms with van der Waals surface area (Å²) < 4.78 is 23.9. The van der Waals surface area contributed by atoms with Gasteiger partial charge in [-0.25, -0.2) is 9.97 Å². The van der Waals surface area contributed by atoms with E-state index in [1.54, 1.807) is 6.20 Å². The van der Waals surface area contributed by atoms with E-state index in [1.165, 1.54) is 6.92 Å². The van der Waals surface area contributed by atoms with Crippen molar-refractivity contribution in [3.8, 4) is 23.1 Å². The van der Waals surface area contributed by atoms with Crippen LogP contribution in [0.5, 0.6) is 5.75 Å². The van der Waals surface area contributed by atoms with Crippen LogP contribution in [0.15, 0.2) is 24.5 Å². The van der Waals surface area contributed by atoms with Crippen LogP contribution in [0.4, 0.5) is 5.82 Å². The Labute approximate surface area is 207 Å². The second-order valence-corrected chi connectivity index (χ2v) is 9.84. The van der Waals surface area contributed by atoms with Crippen LogP contribution in [0, 0.1) is 16.7 Å². The Morgan fingerprint density at radius 3 is 2.89 bits per heavy atom. The van der Waals surface area contributed by atoms with E-state index in [1.807, 2.05) is 18.3 Å². The van der Waals surface area contributed by atoms with Gasteiger partial charge in [0.2, 0.25) is 5.91 Å². The Bertz CT molecular complexity index is 1370. The lowest BCUT2D eigenvalue weighted by atomic mass is 9.84. The number of pyridine rings is 2. The normalized spacial score (nSPS) is 22.1. The zero-order chi connectivity index (χ0) is 24.8. The highest BCUT2D eigenvalue weighted by Crippen LogP contribution is 2.44. The maximum atomic E-state index is 11.6. The van der Waals surface area contributed by atoms with Gasteiger partial charge in [0.05, 0.1) is 67.6 Å². The van der Waals surface area contributed by atoms with E-state index < -0.39 is 5.60 Å². The third-order valence-corrected chi connectivity index (χ3v) is 7.18. The van der Waals surface area contributed by atoms with Gasteiger partial charge in [0, 0.05) is 61.6 Å². The van der Waals surface area contributed by atoms with Gasteiger partial charge in [0.25, 0.3) is 0 Å². The summed E-state index contributed by atoms with van der Waals surface area (Å²) in [6.07, 6.45) is 5.38. The Morgan fingerprint density at radius 2 is 2.17 bits per heavy atom. The summed E-state index contributed by atoms with van der Waals surface area (Å²) in [5.74, 6) is 1.03. The number of H-pyrrole nitrogens is 1. The van der Waals surface area contributed by atoms with E-state index in [2.05, 4.69) is 21.4 Å². The summed E-state index contributed by atoms with van der Waals surface area (Å²) in [7, 11) is 0. The fourth-order valence-corrected chi connectivity index (χ4v) is 5.20. The number of aromatic nitrogens is 3. The molecule has 3 aliphatic rings. The molecule has 0 bridgehead atoms. The van der Waals surface area contributed by atoms with Crippen LogP contribution in [0.1, 0.15) is 31.0 Å². The van der Waals surface area contributed by atoms with Crippen molar-refractivity contribution in [1.82, 2.24) is 15.0 Å². The number of aromatic amines is 1. The zero-order valence-electron chi connectivity index (χ0n) is 20.1. The van der Waals surface area contributed by atoms with Gasteiger partial charge in [0.1, 0.15) is 17.2 Å². The van der Waals surface area contributed by atoms with E-state index in [9.17, 15) is 10.1 Å². The Morgan fingerprint density at radius 1 is 1.28 bits per heavy atom. The lowest BCUT2D eigenvalue weighted by molar-refractivity contribution is -0.129. The number of ether oxygens (including phenoxy) is 4. The monoisotopic (exact) mass is 489 g/mol. The minimum absolute atomic E-state index is 0.187. The molecule has 6 rings (SSSR count). The number of nitrogens with zero attached hydrogens (tertiary/aromatic N) is 3. The summed E-state index contributed by atoms with van der Waals surface area (Å²) >= 11 is 0. The van der Waals surface area contributed by atoms with Gasteiger partial charge < -0.3 is 29.2 Å². The molecule has 3 aromatic rings. The second-order valence-electron chi connectivity index (χ2n) is 9.84. The van der Waals surface area contributed by atoms with E-state index >= 15 is 0 Å². The first kappa shape index (κ1) is 22.9. The van der Waals surface area contributed by atoms with Crippen molar-refractivity contribution in [3.63, 3.8) is 0 Å². The summed E-state index contributed by atoms with van der Waals surface area (Å²) in [5, 5.41) is 12.9. The molecule has 36 heavy (non-hydrogen) atoms. The maximum absolute atomic E-state index is 11.6. The van der Waals surface area contributed by atoms with Crippen molar-refractivity contribution < 1.29 is 23.7 Å². The minimum Gasteiger partial charge on any atom is -0.492 e. The summed E-state index contributed by atoms with van der Waals surface area (Å²) in [5.41, 5.74) is 3.42. The summed E-state index contributed by atoms with van der Waals surface area (Å²) in [6, 6.07) is 6.08. The van der Waals surface area contributed by atoms with Gasteiger partial charge in [-0.1, -0.05) is 0 Å². The Hall–Kier alpha value is -3.52. The lowest BCUT2D eigenvalue weighted by Crippen LogP contribution is -2.47. The number of anilines is 1. The largest absolute Gasteiger partial charge is 0.492 e. The number of amides is 1. The van der Waals surface area contributed by atoms with Gasteiger partial charge in [-0.2, -0.15) is 5.26 Å². The zero-order valence-corrected chi connectivity index (χ0v) is 20.1. The molecule has 2 fully saturated rings. The van der Waals surface area contributed by atoms with Crippen LogP contribution >= 0.6 is 0 Å². The van der Waals surface area contributed by atoms with Gasteiger partial charge >= 0.3 is 0 Å². The fourth-order valence-electron chi connectivity index (χ4n) is 5.20. The SMILES string of the molecule is CC(=O)Nc1cc2c(-c3cc(OCC4(CC#N)COC4)c4c(n3)C3(CCOC3)OCC4)c[nH]c2cn1. The molecule has 1 atom stereocenters. The van der Waals surface area contributed by atoms with Gasteiger partial charge in [-0.3, -0.25) is 4.79 Å². The smallest absolute Gasteiger partial charge is 0.222 e. The molecule has 2 N–H and O–H groups in total. The predicted molar refractivity (Wildman–Crippen MR) is 129 cm³/mol. The molecule has 186 valence electrons. The van der Waals surface area contributed by atoms with Gasteiger partial charge in [-0.15, -0.1) is 0 Å². The number of hydrogen-bond acceptors (Lipinski definition) is 8. The number of carbonyl (C=O) groups excluding carboxylic acids is 1. The summed E-state index contributed by atoms with van der Waals surface area (Å²) in [4.78, 5) is 24.3. The third-order valence-electron chi connectivity index (χ3n) is 7.18. The summed E-state index contributed by atoms with van der Waals surface area (Å²) in [6.45, 7) is 4.51. The van der Waals surface area contributed by atoms with Crippen molar-refractivity contribution in [2.45, 2.75) is 31.8 Å². The molecule has 6 heterocycles. The van der Waals surface area contributed by atoms with E-state index in [4.69, 9.17) is 23.9 Å². The average Bonchev–Trinajstić information content (AvgIpc) is 3.48. The van der Waals surface area contributed by atoms with Crippen LogP contribution in [-0.4, -0.2) is 60.5 Å². The molecule has 2 saturated heterocycles. The van der Waals surface area contributed by atoms with Crippen molar-refractivity contribution in [2.75, 3.05) is 45.0 Å². The number of rotatable bonds is 6. The molecule has 0 radical (unpaired) electrons. The van der Waals surface area contributed by atoms with Crippen molar-refractivity contribution in [2.24, 2.45) is 5.41 Å². The number of nitriles is 1. The fraction of sp³-hybridized carbons (Fsp3) is 0.462. The molecule has 0 saturated carbocycles. The van der Waals surface area contributed by atoms with E-state index in [0.29, 0.717) is 58.3 Å². The average molecular weight is 490 g/mol. The molecule has 10 heteroatoms. The van der Waals surface area contributed by atoms with E-state index in [-0.39, 0.29) is 11.3 Å². The predicted octanol–water partition coefficient (Wildman–Crippen LogP) is 3.08. The van der Waals surface area contributed by atoms with Crippen LogP contribution in [0.25, 0.3) is 22.2 Å². The highest BCUT2D eigenvalue weighted by atomic mass is 16.6. The van der Waals surface area contributed by atoms with Crippen molar-refractivity contribution in [1.29, 1.82) is 5.26 Å². The highest BCUT2D eigenvalue weighted by molar-refractivity contribution is 5.97. The number of fused-ring (bicyclic) bond motifs is 3. The standard InChI is InChI=1S/C26H27N5O5/c1-16(32)30-23-8-18-19(10-28-21(18)11-29-23)20-9-22(35-14-25(3-5-27)12-34-13-25)17-2-6-36-26(24(17)31-20)4-7-33-15-26/h8-11,28H,2-4,6-7,12-15H2,1H3,(H,29,30,32). The van der Waals surface area contributed by atoms with Gasteiger partial charge in [0.15, 0.2) is 0 Å². The topological polar surface area (TPSA) is 131 Å². The first-order valence-electron chi connectivity index (χ1n) is 12.1.